The van der Waals surface area contributed by atoms with Crippen LogP contribution in [0.1, 0.15) is 5.56 Å². The lowest BCUT2D eigenvalue weighted by Gasteiger charge is -2.11. The van der Waals surface area contributed by atoms with Gasteiger partial charge in [0, 0.05) is 40.2 Å². The SMILES string of the molecule is Cc1ccnc(-n2c3ccccc3c3ccc(Oc4cccc(-c5nccc6ccccc56)c4)cc32)c1. The van der Waals surface area contributed by atoms with Crippen molar-refractivity contribution < 1.29 is 4.74 Å². The predicted octanol–water partition coefficient (Wildman–Crippen LogP) is 8.49. The number of pyridine rings is 2. The van der Waals surface area contributed by atoms with Crippen molar-refractivity contribution in [3.8, 4) is 28.6 Å². The number of benzene rings is 4. The zero-order valence-electron chi connectivity index (χ0n) is 20.3. The van der Waals surface area contributed by atoms with E-state index in [2.05, 4.69) is 88.2 Å². The summed E-state index contributed by atoms with van der Waals surface area (Å²) in [5.74, 6) is 2.43. The molecule has 37 heavy (non-hydrogen) atoms. The van der Waals surface area contributed by atoms with Crippen molar-refractivity contribution >= 4 is 32.6 Å². The molecule has 0 aliphatic carbocycles. The lowest BCUT2D eigenvalue weighted by Crippen LogP contribution is -1.97. The van der Waals surface area contributed by atoms with E-state index >= 15 is 0 Å². The summed E-state index contributed by atoms with van der Waals surface area (Å²) in [6.45, 7) is 2.09. The van der Waals surface area contributed by atoms with Gasteiger partial charge in [-0.25, -0.2) is 4.98 Å². The van der Waals surface area contributed by atoms with Crippen LogP contribution in [0, 0.1) is 6.92 Å². The Kier molecular flexibility index (Phi) is 4.96. The van der Waals surface area contributed by atoms with E-state index in [1.54, 1.807) is 0 Å². The summed E-state index contributed by atoms with van der Waals surface area (Å²) < 4.78 is 8.62. The Labute approximate surface area is 214 Å². The van der Waals surface area contributed by atoms with Crippen molar-refractivity contribution in [2.24, 2.45) is 0 Å². The molecule has 3 aromatic heterocycles. The van der Waals surface area contributed by atoms with E-state index in [9.17, 15) is 0 Å². The van der Waals surface area contributed by atoms with Crippen molar-refractivity contribution in [3.63, 3.8) is 0 Å². The molecule has 7 rings (SSSR count). The Morgan fingerprint density at radius 2 is 1.38 bits per heavy atom. The van der Waals surface area contributed by atoms with Gasteiger partial charge in [-0.2, -0.15) is 0 Å². The quantitative estimate of drug-likeness (QED) is 0.255. The minimum Gasteiger partial charge on any atom is -0.457 e. The zero-order valence-corrected chi connectivity index (χ0v) is 20.3. The number of para-hydroxylation sites is 1. The maximum Gasteiger partial charge on any atom is 0.137 e. The highest BCUT2D eigenvalue weighted by atomic mass is 16.5. The third-order valence-electron chi connectivity index (χ3n) is 6.79. The molecule has 4 aromatic carbocycles. The summed E-state index contributed by atoms with van der Waals surface area (Å²) >= 11 is 0. The van der Waals surface area contributed by atoms with Gasteiger partial charge < -0.3 is 4.74 Å². The molecule has 0 N–H and O–H groups in total. The van der Waals surface area contributed by atoms with Crippen molar-refractivity contribution in [1.82, 2.24) is 14.5 Å². The van der Waals surface area contributed by atoms with E-state index in [-0.39, 0.29) is 0 Å². The van der Waals surface area contributed by atoms with Crippen molar-refractivity contribution in [1.29, 1.82) is 0 Å². The lowest BCUT2D eigenvalue weighted by molar-refractivity contribution is 0.483. The van der Waals surface area contributed by atoms with E-state index < -0.39 is 0 Å². The highest BCUT2D eigenvalue weighted by Crippen LogP contribution is 2.36. The van der Waals surface area contributed by atoms with Crippen LogP contribution in [-0.2, 0) is 0 Å². The molecule has 4 nitrogen and oxygen atoms in total. The first-order valence-corrected chi connectivity index (χ1v) is 12.3. The smallest absolute Gasteiger partial charge is 0.137 e. The molecule has 0 radical (unpaired) electrons. The largest absolute Gasteiger partial charge is 0.457 e. The summed E-state index contributed by atoms with van der Waals surface area (Å²) in [6, 6.07) is 37.3. The van der Waals surface area contributed by atoms with Gasteiger partial charge in [-0.3, -0.25) is 9.55 Å². The van der Waals surface area contributed by atoms with E-state index in [1.165, 1.54) is 21.7 Å². The highest BCUT2D eigenvalue weighted by Gasteiger charge is 2.14. The average molecular weight is 478 g/mol. The molecule has 0 amide bonds. The molecule has 0 saturated carbocycles. The molecule has 4 heteroatoms. The van der Waals surface area contributed by atoms with E-state index in [4.69, 9.17) is 4.74 Å². The molecule has 0 bridgehead atoms. The van der Waals surface area contributed by atoms with E-state index in [0.29, 0.717) is 0 Å². The summed E-state index contributed by atoms with van der Waals surface area (Å²) in [7, 11) is 0. The molecule has 0 aliphatic rings. The number of aryl methyl sites for hydroxylation is 1. The van der Waals surface area contributed by atoms with Gasteiger partial charge in [-0.1, -0.05) is 54.6 Å². The first-order valence-electron chi connectivity index (χ1n) is 12.3. The van der Waals surface area contributed by atoms with Crippen LogP contribution in [0.15, 0.2) is 122 Å². The van der Waals surface area contributed by atoms with Gasteiger partial charge in [0.25, 0.3) is 0 Å². The van der Waals surface area contributed by atoms with Crippen LogP contribution in [0.3, 0.4) is 0 Å². The van der Waals surface area contributed by atoms with Crippen molar-refractivity contribution in [2.75, 3.05) is 0 Å². The fourth-order valence-corrected chi connectivity index (χ4v) is 5.10. The van der Waals surface area contributed by atoms with Crippen LogP contribution in [-0.4, -0.2) is 14.5 Å². The van der Waals surface area contributed by atoms with Gasteiger partial charge in [0.05, 0.1) is 16.7 Å². The summed E-state index contributed by atoms with van der Waals surface area (Å²) in [5, 5.41) is 4.65. The minimum absolute atomic E-state index is 0.767. The first kappa shape index (κ1) is 21.3. The number of nitrogens with zero attached hydrogens (tertiary/aromatic N) is 3. The van der Waals surface area contributed by atoms with Gasteiger partial charge in [-0.15, -0.1) is 0 Å². The molecule has 0 saturated heterocycles. The van der Waals surface area contributed by atoms with Crippen LogP contribution in [0.5, 0.6) is 11.5 Å². The maximum absolute atomic E-state index is 6.41. The molecule has 3 heterocycles. The Morgan fingerprint density at radius 1 is 0.595 bits per heavy atom. The number of ether oxygens (including phenoxy) is 1. The molecule has 0 spiro atoms. The van der Waals surface area contributed by atoms with Gasteiger partial charge in [0.2, 0.25) is 0 Å². The zero-order chi connectivity index (χ0) is 24.8. The monoisotopic (exact) mass is 477 g/mol. The Balaban J connectivity index is 1.33. The Bertz CT molecular complexity index is 1930. The van der Waals surface area contributed by atoms with Crippen LogP contribution in [0.2, 0.25) is 0 Å². The van der Waals surface area contributed by atoms with Gasteiger partial charge in [-0.05, 0) is 66.4 Å². The number of aromatic nitrogens is 3. The standard InChI is InChI=1S/C33H23N3O/c1-22-15-17-34-32(19-22)36-30-12-5-4-11-28(30)29-14-13-26(21-31(29)36)37-25-9-6-8-24(20-25)33-27-10-3-2-7-23(27)16-18-35-33/h2-21H,1H3. The van der Waals surface area contributed by atoms with Crippen molar-refractivity contribution in [3.05, 3.63) is 127 Å². The molecule has 176 valence electrons. The summed E-state index contributed by atoms with van der Waals surface area (Å²) in [4.78, 5) is 9.36. The number of hydrogen-bond donors (Lipinski definition) is 0. The molecular weight excluding hydrogens is 454 g/mol. The van der Waals surface area contributed by atoms with E-state index in [0.717, 1.165) is 45.0 Å². The highest BCUT2D eigenvalue weighted by molar-refractivity contribution is 6.09. The lowest BCUT2D eigenvalue weighted by atomic mass is 10.0. The topological polar surface area (TPSA) is 39.9 Å². The van der Waals surface area contributed by atoms with Gasteiger partial charge in [0.1, 0.15) is 17.3 Å². The number of rotatable bonds is 4. The van der Waals surface area contributed by atoms with Crippen LogP contribution < -0.4 is 4.74 Å². The van der Waals surface area contributed by atoms with Crippen molar-refractivity contribution in [2.45, 2.75) is 6.92 Å². The van der Waals surface area contributed by atoms with Gasteiger partial charge >= 0.3 is 0 Å². The second kappa shape index (κ2) is 8.61. The summed E-state index contributed by atoms with van der Waals surface area (Å²) in [6.07, 6.45) is 3.72. The third-order valence-corrected chi connectivity index (χ3v) is 6.79. The minimum atomic E-state index is 0.767. The molecular formula is C33H23N3O. The Hall–Kier alpha value is -4.96. The molecule has 0 atom stereocenters. The predicted molar refractivity (Wildman–Crippen MR) is 151 cm³/mol. The fourth-order valence-electron chi connectivity index (χ4n) is 5.10. The first-order chi connectivity index (χ1) is 18.2. The van der Waals surface area contributed by atoms with E-state index in [1.807, 2.05) is 54.9 Å². The van der Waals surface area contributed by atoms with Gasteiger partial charge in [0.15, 0.2) is 0 Å². The fraction of sp³-hybridized carbons (Fsp3) is 0.0303. The number of fused-ring (bicyclic) bond motifs is 4. The molecule has 0 fully saturated rings. The van der Waals surface area contributed by atoms with Crippen LogP contribution in [0.4, 0.5) is 0 Å². The normalized spacial score (nSPS) is 11.4. The molecule has 0 aliphatic heterocycles. The average Bonchev–Trinajstić information content (AvgIpc) is 3.26. The molecule has 7 aromatic rings. The second-order valence-electron chi connectivity index (χ2n) is 9.23. The number of hydrogen-bond acceptors (Lipinski definition) is 3. The van der Waals surface area contributed by atoms with Crippen LogP contribution >= 0.6 is 0 Å². The third kappa shape index (κ3) is 3.71. The second-order valence-corrected chi connectivity index (χ2v) is 9.23. The maximum atomic E-state index is 6.41. The molecule has 0 unspecified atom stereocenters. The Morgan fingerprint density at radius 3 is 2.30 bits per heavy atom. The van der Waals surface area contributed by atoms with Crippen LogP contribution in [0.25, 0.3) is 49.7 Å². The summed E-state index contributed by atoms with van der Waals surface area (Å²) in [5.41, 5.74) is 5.32.